The molecule has 7 nitrogen and oxygen atoms in total. The standard InChI is InChI=1S/C22H21F3N4O3S/c1-12-17(19(30)32-3)18(28-21(33)29(12)2)13-4-8-15(9-5-13)26-20(31)27-16-10-6-14(7-11-16)22(23,24)25/h4-11,18H,1-3H3,(H,28,33)(H2,26,27,31)/t18-/m0/s1. The van der Waals surface area contributed by atoms with Gasteiger partial charge >= 0.3 is 18.2 Å². The molecular weight excluding hydrogens is 457 g/mol. The number of amides is 2. The van der Waals surface area contributed by atoms with E-state index in [-0.39, 0.29) is 5.69 Å². The van der Waals surface area contributed by atoms with Crippen molar-refractivity contribution in [1.82, 2.24) is 10.2 Å². The minimum Gasteiger partial charge on any atom is -0.466 e. The smallest absolute Gasteiger partial charge is 0.416 e. The number of alkyl halides is 3. The third-order valence-electron chi connectivity index (χ3n) is 5.13. The summed E-state index contributed by atoms with van der Waals surface area (Å²) in [5.41, 5.74) is 1.65. The van der Waals surface area contributed by atoms with Gasteiger partial charge in [0, 0.05) is 24.1 Å². The van der Waals surface area contributed by atoms with Crippen LogP contribution in [0.1, 0.15) is 24.1 Å². The molecule has 1 aliphatic rings. The van der Waals surface area contributed by atoms with Gasteiger partial charge in [-0.25, -0.2) is 9.59 Å². The largest absolute Gasteiger partial charge is 0.466 e. The van der Waals surface area contributed by atoms with Crippen molar-refractivity contribution >= 4 is 40.7 Å². The molecule has 0 aliphatic carbocycles. The van der Waals surface area contributed by atoms with Gasteiger partial charge in [-0.05, 0) is 61.1 Å². The highest BCUT2D eigenvalue weighted by molar-refractivity contribution is 7.80. The van der Waals surface area contributed by atoms with E-state index in [0.29, 0.717) is 22.1 Å². The molecule has 0 aromatic heterocycles. The summed E-state index contributed by atoms with van der Waals surface area (Å²) in [5, 5.41) is 8.63. The number of nitrogens with one attached hydrogen (secondary N) is 3. The number of ether oxygens (including phenoxy) is 1. The third kappa shape index (κ3) is 5.43. The van der Waals surface area contributed by atoms with Crippen LogP contribution < -0.4 is 16.0 Å². The Labute approximate surface area is 193 Å². The number of nitrogens with zero attached hydrogens (tertiary/aromatic N) is 1. The topological polar surface area (TPSA) is 82.7 Å². The molecule has 11 heteroatoms. The summed E-state index contributed by atoms with van der Waals surface area (Å²) in [6.45, 7) is 1.77. The van der Waals surface area contributed by atoms with E-state index >= 15 is 0 Å². The summed E-state index contributed by atoms with van der Waals surface area (Å²) >= 11 is 5.33. The molecule has 0 unspecified atom stereocenters. The van der Waals surface area contributed by atoms with Gasteiger partial charge in [-0.15, -0.1) is 0 Å². The SMILES string of the molecule is COC(=O)C1=C(C)N(C)C(=S)N[C@H]1c1ccc(NC(=O)Nc2ccc(C(F)(F)F)cc2)cc1. The number of halogens is 3. The molecule has 0 spiro atoms. The van der Waals surface area contributed by atoms with E-state index in [1.54, 1.807) is 43.1 Å². The number of benzene rings is 2. The Bertz CT molecular complexity index is 1100. The van der Waals surface area contributed by atoms with Gasteiger partial charge in [-0.1, -0.05) is 12.1 Å². The zero-order valence-corrected chi connectivity index (χ0v) is 18.7. The van der Waals surface area contributed by atoms with Gasteiger partial charge in [0.2, 0.25) is 0 Å². The molecule has 0 fully saturated rings. The van der Waals surface area contributed by atoms with Gasteiger partial charge in [-0.2, -0.15) is 13.2 Å². The molecule has 1 aliphatic heterocycles. The first-order valence-corrected chi connectivity index (χ1v) is 10.1. The predicted molar refractivity (Wildman–Crippen MR) is 121 cm³/mol. The Morgan fingerprint density at radius 2 is 1.55 bits per heavy atom. The van der Waals surface area contributed by atoms with E-state index in [1.807, 2.05) is 0 Å². The fraction of sp³-hybridized carbons (Fsp3) is 0.227. The van der Waals surface area contributed by atoms with Crippen molar-refractivity contribution < 1.29 is 27.5 Å². The highest BCUT2D eigenvalue weighted by Crippen LogP contribution is 2.32. The highest BCUT2D eigenvalue weighted by Gasteiger charge is 2.33. The molecule has 33 heavy (non-hydrogen) atoms. The summed E-state index contributed by atoms with van der Waals surface area (Å²) in [6.07, 6.45) is -4.45. The van der Waals surface area contributed by atoms with Gasteiger partial charge in [0.25, 0.3) is 0 Å². The van der Waals surface area contributed by atoms with Crippen LogP contribution in [0.5, 0.6) is 0 Å². The number of anilines is 2. The van der Waals surface area contributed by atoms with Crippen molar-refractivity contribution in [2.45, 2.75) is 19.1 Å². The average molecular weight is 478 g/mol. The number of rotatable bonds is 4. The molecule has 3 N–H and O–H groups in total. The molecule has 174 valence electrons. The fourth-order valence-corrected chi connectivity index (χ4v) is 3.51. The van der Waals surface area contributed by atoms with E-state index in [1.165, 1.54) is 19.2 Å². The van der Waals surface area contributed by atoms with Crippen LogP contribution in [-0.2, 0) is 15.7 Å². The third-order valence-corrected chi connectivity index (χ3v) is 5.52. The lowest BCUT2D eigenvalue weighted by Crippen LogP contribution is -2.46. The van der Waals surface area contributed by atoms with Crippen LogP contribution in [0.2, 0.25) is 0 Å². The molecule has 0 saturated carbocycles. The summed E-state index contributed by atoms with van der Waals surface area (Å²) in [7, 11) is 3.04. The van der Waals surface area contributed by atoms with Crippen molar-refractivity contribution in [3.05, 3.63) is 70.9 Å². The highest BCUT2D eigenvalue weighted by atomic mass is 32.1. The van der Waals surface area contributed by atoms with Gasteiger partial charge in [0.05, 0.1) is 24.3 Å². The van der Waals surface area contributed by atoms with Gasteiger partial charge in [0.1, 0.15) is 0 Å². The Morgan fingerprint density at radius 3 is 2.03 bits per heavy atom. The maximum atomic E-state index is 12.6. The molecule has 2 amide bonds. The zero-order chi connectivity index (χ0) is 24.3. The van der Waals surface area contributed by atoms with Crippen LogP contribution >= 0.6 is 12.2 Å². The van der Waals surface area contributed by atoms with E-state index < -0.39 is 29.8 Å². The van der Waals surface area contributed by atoms with Crippen molar-refractivity contribution in [3.8, 4) is 0 Å². The summed E-state index contributed by atoms with van der Waals surface area (Å²) in [6, 6.07) is 9.67. The van der Waals surface area contributed by atoms with Crippen LogP contribution in [-0.4, -0.2) is 36.2 Å². The average Bonchev–Trinajstić information content (AvgIpc) is 2.77. The predicted octanol–water partition coefficient (Wildman–Crippen LogP) is 4.66. The molecule has 3 rings (SSSR count). The fourth-order valence-electron chi connectivity index (χ4n) is 3.25. The second-order valence-corrected chi connectivity index (χ2v) is 7.60. The molecule has 0 radical (unpaired) electrons. The molecule has 1 heterocycles. The first-order valence-electron chi connectivity index (χ1n) is 9.69. The second kappa shape index (κ2) is 9.49. The number of esters is 1. The summed E-state index contributed by atoms with van der Waals surface area (Å²) in [4.78, 5) is 26.2. The number of urea groups is 1. The molecule has 0 bridgehead atoms. The van der Waals surface area contributed by atoms with E-state index in [9.17, 15) is 22.8 Å². The van der Waals surface area contributed by atoms with Crippen molar-refractivity contribution in [3.63, 3.8) is 0 Å². The number of allylic oxidation sites excluding steroid dienone is 1. The monoisotopic (exact) mass is 478 g/mol. The zero-order valence-electron chi connectivity index (χ0n) is 17.9. The normalized spacial score (nSPS) is 16.2. The van der Waals surface area contributed by atoms with Crippen LogP contribution in [0.3, 0.4) is 0 Å². The number of hydrogen-bond donors (Lipinski definition) is 3. The number of methoxy groups -OCH3 is 1. The number of carbonyl (C=O) groups is 2. The Kier molecular flexibility index (Phi) is 6.92. The number of hydrogen-bond acceptors (Lipinski definition) is 4. The number of carbonyl (C=O) groups excluding carboxylic acids is 2. The molecular formula is C22H21F3N4O3S. The van der Waals surface area contributed by atoms with E-state index in [4.69, 9.17) is 17.0 Å². The number of thiocarbonyl (C=S) groups is 1. The van der Waals surface area contributed by atoms with Crippen LogP contribution in [0.4, 0.5) is 29.3 Å². The lowest BCUT2D eigenvalue weighted by molar-refractivity contribution is -0.138. The molecule has 1 atom stereocenters. The molecule has 2 aromatic carbocycles. The van der Waals surface area contributed by atoms with Gasteiger partial charge < -0.3 is 25.6 Å². The van der Waals surface area contributed by atoms with E-state index in [2.05, 4.69) is 16.0 Å². The second-order valence-electron chi connectivity index (χ2n) is 7.21. The van der Waals surface area contributed by atoms with Crippen molar-refractivity contribution in [2.24, 2.45) is 0 Å². The van der Waals surface area contributed by atoms with Crippen LogP contribution in [0.15, 0.2) is 59.8 Å². The minimum absolute atomic E-state index is 0.212. The van der Waals surface area contributed by atoms with Gasteiger partial charge in [0.15, 0.2) is 5.11 Å². The van der Waals surface area contributed by atoms with Crippen LogP contribution in [0, 0.1) is 0 Å². The summed E-state index contributed by atoms with van der Waals surface area (Å²) < 4.78 is 42.9. The van der Waals surface area contributed by atoms with Gasteiger partial charge in [-0.3, -0.25) is 0 Å². The minimum atomic E-state index is -4.45. The Morgan fingerprint density at radius 1 is 1.03 bits per heavy atom. The maximum absolute atomic E-state index is 12.6. The summed E-state index contributed by atoms with van der Waals surface area (Å²) in [5.74, 6) is -0.488. The molecule has 2 aromatic rings. The first-order chi connectivity index (χ1) is 15.5. The van der Waals surface area contributed by atoms with E-state index in [0.717, 1.165) is 17.7 Å². The lowest BCUT2D eigenvalue weighted by atomic mass is 9.95. The van der Waals surface area contributed by atoms with Crippen molar-refractivity contribution in [2.75, 3.05) is 24.8 Å². The maximum Gasteiger partial charge on any atom is 0.416 e. The Hall–Kier alpha value is -3.60. The Balaban J connectivity index is 1.71. The first kappa shape index (κ1) is 24.1. The molecule has 0 saturated heterocycles. The lowest BCUT2D eigenvalue weighted by Gasteiger charge is -2.35. The van der Waals surface area contributed by atoms with Crippen molar-refractivity contribution in [1.29, 1.82) is 0 Å². The van der Waals surface area contributed by atoms with Crippen LogP contribution in [0.25, 0.3) is 0 Å². The quantitative estimate of drug-likeness (QED) is 0.438.